The zero-order chi connectivity index (χ0) is 27.1. The average Bonchev–Trinajstić information content (AvgIpc) is 2.92. The Bertz CT molecular complexity index is 1160. The van der Waals surface area contributed by atoms with Gasteiger partial charge >= 0.3 is 0 Å². The van der Waals surface area contributed by atoms with Gasteiger partial charge in [0.2, 0.25) is 11.5 Å². The zero-order valence-corrected chi connectivity index (χ0v) is 22.5. The number of phenols is 2. The fourth-order valence-corrected chi connectivity index (χ4v) is 4.26. The number of benzene rings is 3. The second-order valence-electron chi connectivity index (χ2n) is 8.65. The molecule has 37 heavy (non-hydrogen) atoms. The quantitative estimate of drug-likeness (QED) is 0.304. The third kappa shape index (κ3) is 6.07. The van der Waals surface area contributed by atoms with Crippen LogP contribution in [-0.4, -0.2) is 45.8 Å². The van der Waals surface area contributed by atoms with Gasteiger partial charge in [0, 0.05) is 0 Å². The van der Waals surface area contributed by atoms with Crippen molar-refractivity contribution in [3.05, 3.63) is 59.2 Å². The predicted octanol–water partition coefficient (Wildman–Crippen LogP) is 6.02. The summed E-state index contributed by atoms with van der Waals surface area (Å²) in [6.45, 7) is 4.10. The van der Waals surface area contributed by atoms with Gasteiger partial charge in [0.25, 0.3) is 0 Å². The largest absolute Gasteiger partial charge is 0.504 e. The van der Waals surface area contributed by atoms with Gasteiger partial charge in [0.1, 0.15) is 6.10 Å². The lowest BCUT2D eigenvalue weighted by molar-refractivity contribution is 0.183. The third-order valence-corrected chi connectivity index (χ3v) is 6.34. The van der Waals surface area contributed by atoms with E-state index in [1.165, 1.54) is 21.3 Å². The summed E-state index contributed by atoms with van der Waals surface area (Å²) in [7, 11) is 7.71. The van der Waals surface area contributed by atoms with Crippen LogP contribution in [0.3, 0.4) is 0 Å². The topological polar surface area (TPSA) is 95.8 Å². The maximum Gasteiger partial charge on any atom is 0.204 e. The lowest BCUT2D eigenvalue weighted by atomic mass is 9.92. The molecule has 0 aliphatic heterocycles. The monoisotopic (exact) mass is 512 g/mol. The van der Waals surface area contributed by atoms with E-state index < -0.39 is 0 Å². The van der Waals surface area contributed by atoms with Crippen molar-refractivity contribution in [1.82, 2.24) is 0 Å². The van der Waals surface area contributed by atoms with Crippen molar-refractivity contribution < 1.29 is 38.6 Å². The van der Waals surface area contributed by atoms with Gasteiger partial charge in [-0.3, -0.25) is 0 Å². The van der Waals surface area contributed by atoms with Crippen LogP contribution in [0.15, 0.2) is 42.5 Å². The lowest BCUT2D eigenvalue weighted by Gasteiger charge is -2.23. The van der Waals surface area contributed by atoms with Crippen molar-refractivity contribution in [1.29, 1.82) is 0 Å². The van der Waals surface area contributed by atoms with E-state index in [2.05, 4.69) is 6.92 Å². The van der Waals surface area contributed by atoms with E-state index in [-0.39, 0.29) is 23.5 Å². The number of ether oxygens (including phenoxy) is 6. The van der Waals surface area contributed by atoms with Gasteiger partial charge in [-0.15, -0.1) is 0 Å². The van der Waals surface area contributed by atoms with E-state index in [0.717, 1.165) is 16.7 Å². The van der Waals surface area contributed by atoms with Crippen LogP contribution in [0.4, 0.5) is 0 Å². The molecule has 0 bridgehead atoms. The molecule has 3 aromatic carbocycles. The fraction of sp³-hybridized carbons (Fsp3) is 0.379. The van der Waals surface area contributed by atoms with Crippen molar-refractivity contribution in [3.63, 3.8) is 0 Å². The molecule has 0 aliphatic rings. The second kappa shape index (κ2) is 12.3. The molecular weight excluding hydrogens is 476 g/mol. The maximum absolute atomic E-state index is 10.3. The molecule has 0 fully saturated rings. The van der Waals surface area contributed by atoms with E-state index in [1.807, 2.05) is 31.2 Å². The lowest BCUT2D eigenvalue weighted by Crippen LogP contribution is -2.09. The highest BCUT2D eigenvalue weighted by Crippen LogP contribution is 2.44. The van der Waals surface area contributed by atoms with Crippen LogP contribution in [0.2, 0.25) is 0 Å². The van der Waals surface area contributed by atoms with E-state index in [4.69, 9.17) is 28.4 Å². The van der Waals surface area contributed by atoms with Crippen LogP contribution in [-0.2, 0) is 6.42 Å². The third-order valence-electron chi connectivity index (χ3n) is 6.34. The van der Waals surface area contributed by atoms with Gasteiger partial charge in [-0.2, -0.15) is 0 Å². The van der Waals surface area contributed by atoms with E-state index in [1.54, 1.807) is 32.4 Å². The molecule has 0 heterocycles. The van der Waals surface area contributed by atoms with Crippen molar-refractivity contribution in [2.45, 2.75) is 38.7 Å². The summed E-state index contributed by atoms with van der Waals surface area (Å²) in [5.41, 5.74) is 2.80. The Labute approximate surface area is 218 Å². The molecule has 200 valence electrons. The molecule has 0 aliphatic carbocycles. The number of aromatic hydroxyl groups is 2. The Morgan fingerprint density at radius 1 is 0.676 bits per heavy atom. The number of phenolic OH excluding ortho intramolecular Hbond substituents is 2. The summed E-state index contributed by atoms with van der Waals surface area (Å²) in [6.07, 6.45) is 1.01. The molecule has 2 N–H and O–H groups in total. The van der Waals surface area contributed by atoms with E-state index in [9.17, 15) is 10.2 Å². The first-order valence-corrected chi connectivity index (χ1v) is 12.0. The minimum Gasteiger partial charge on any atom is -0.504 e. The minimum absolute atomic E-state index is 0.0254. The second-order valence-corrected chi connectivity index (χ2v) is 8.65. The Kier molecular flexibility index (Phi) is 9.22. The molecule has 3 aromatic rings. The van der Waals surface area contributed by atoms with Gasteiger partial charge in [-0.25, -0.2) is 0 Å². The molecule has 3 rings (SSSR count). The van der Waals surface area contributed by atoms with E-state index >= 15 is 0 Å². The molecule has 2 atom stereocenters. The molecular formula is C29H36O8. The zero-order valence-electron chi connectivity index (χ0n) is 22.5. The first kappa shape index (κ1) is 27.6. The van der Waals surface area contributed by atoms with Crippen LogP contribution in [0.25, 0.3) is 0 Å². The highest BCUT2D eigenvalue weighted by molar-refractivity contribution is 5.56. The Balaban J connectivity index is 1.92. The molecule has 0 spiro atoms. The first-order chi connectivity index (χ1) is 17.8. The number of hydrogen-bond acceptors (Lipinski definition) is 8. The van der Waals surface area contributed by atoms with Gasteiger partial charge < -0.3 is 38.6 Å². The highest BCUT2D eigenvalue weighted by atomic mass is 16.5. The van der Waals surface area contributed by atoms with Crippen molar-refractivity contribution in [3.8, 4) is 46.0 Å². The van der Waals surface area contributed by atoms with Crippen LogP contribution in [0.5, 0.6) is 46.0 Å². The Morgan fingerprint density at radius 3 is 1.68 bits per heavy atom. The van der Waals surface area contributed by atoms with Gasteiger partial charge in [-0.05, 0) is 71.8 Å². The summed E-state index contributed by atoms with van der Waals surface area (Å²) in [6, 6.07) is 12.7. The molecule has 0 saturated carbocycles. The Morgan fingerprint density at radius 2 is 1.19 bits per heavy atom. The summed E-state index contributed by atoms with van der Waals surface area (Å²) >= 11 is 0. The standard InChI is InChI=1S/C29H36O8/c1-8-22(19-9-10-21(30)23(14-19)32-3)37-29-26(35-6)12-18(13-27(29)36-7)11-17(2)20-15-24(33-4)28(31)25(16-20)34-5/h9-10,12-17,22,30-31H,8,11H2,1-7H3. The molecule has 0 amide bonds. The molecule has 2 unspecified atom stereocenters. The van der Waals surface area contributed by atoms with Gasteiger partial charge in [0.15, 0.2) is 34.5 Å². The minimum atomic E-state index is -0.320. The first-order valence-electron chi connectivity index (χ1n) is 12.0. The summed E-state index contributed by atoms with van der Waals surface area (Å²) < 4.78 is 33.7. The molecule has 8 nitrogen and oxygen atoms in total. The fourth-order valence-electron chi connectivity index (χ4n) is 4.26. The molecule has 8 heteroatoms. The SMILES string of the molecule is CCC(Oc1c(OC)cc(CC(C)c2cc(OC)c(O)c(OC)c2)cc1OC)c1ccc(O)c(OC)c1. The van der Waals surface area contributed by atoms with Crippen molar-refractivity contribution >= 4 is 0 Å². The van der Waals surface area contributed by atoms with Crippen LogP contribution in [0, 0.1) is 0 Å². The molecule has 0 radical (unpaired) electrons. The van der Waals surface area contributed by atoms with Crippen molar-refractivity contribution in [2.24, 2.45) is 0 Å². The van der Waals surface area contributed by atoms with Crippen molar-refractivity contribution in [2.75, 3.05) is 35.5 Å². The van der Waals surface area contributed by atoms with Crippen LogP contribution < -0.4 is 28.4 Å². The summed E-state index contributed by atoms with van der Waals surface area (Å²) in [4.78, 5) is 0. The summed E-state index contributed by atoms with van der Waals surface area (Å²) in [5.74, 6) is 2.79. The highest BCUT2D eigenvalue weighted by Gasteiger charge is 2.22. The Hall–Kier alpha value is -3.94. The van der Waals surface area contributed by atoms with E-state index in [0.29, 0.717) is 47.3 Å². The predicted molar refractivity (Wildman–Crippen MR) is 141 cm³/mol. The average molecular weight is 513 g/mol. The van der Waals surface area contributed by atoms with Gasteiger partial charge in [-0.1, -0.05) is 19.9 Å². The number of rotatable bonds is 12. The maximum atomic E-state index is 10.3. The van der Waals surface area contributed by atoms with Gasteiger partial charge in [0.05, 0.1) is 35.5 Å². The normalized spacial score (nSPS) is 12.4. The number of methoxy groups -OCH3 is 5. The smallest absolute Gasteiger partial charge is 0.204 e. The molecule has 0 aromatic heterocycles. The van der Waals surface area contributed by atoms with Crippen LogP contribution in [0.1, 0.15) is 49.0 Å². The number of hydrogen-bond donors (Lipinski definition) is 2. The summed E-state index contributed by atoms with van der Waals surface area (Å²) in [5, 5.41) is 20.2. The molecule has 0 saturated heterocycles. The van der Waals surface area contributed by atoms with Crippen LogP contribution >= 0.6 is 0 Å².